The largest absolute Gasteiger partial charge is 0.467 e. The summed E-state index contributed by atoms with van der Waals surface area (Å²) in [6.07, 6.45) is 5.23. The third-order valence-corrected chi connectivity index (χ3v) is 6.85. The van der Waals surface area contributed by atoms with E-state index in [1.807, 2.05) is 25.1 Å². The smallest absolute Gasteiger partial charge is 0.269 e. The van der Waals surface area contributed by atoms with Crippen LogP contribution in [0.1, 0.15) is 28.4 Å². The van der Waals surface area contributed by atoms with Crippen molar-refractivity contribution < 1.29 is 9.21 Å². The fourth-order valence-electron chi connectivity index (χ4n) is 3.33. The molecule has 148 valence electrons. The van der Waals surface area contributed by atoms with E-state index in [0.717, 1.165) is 22.6 Å². The summed E-state index contributed by atoms with van der Waals surface area (Å²) in [5.74, 6) is 0.286. The van der Waals surface area contributed by atoms with Gasteiger partial charge in [0.2, 0.25) is 0 Å². The molecule has 1 aliphatic heterocycles. The second-order valence-electron chi connectivity index (χ2n) is 6.82. The van der Waals surface area contributed by atoms with E-state index in [1.165, 1.54) is 22.2 Å². The first kappa shape index (κ1) is 19.4. The molecule has 1 aliphatic rings. The summed E-state index contributed by atoms with van der Waals surface area (Å²) in [6, 6.07) is 9.53. The molecule has 0 aliphatic carbocycles. The molecule has 6 nitrogen and oxygen atoms in total. The summed E-state index contributed by atoms with van der Waals surface area (Å²) in [7, 11) is 0. The van der Waals surface area contributed by atoms with Gasteiger partial charge in [0.15, 0.2) is 5.57 Å². The maximum Gasteiger partial charge on any atom is 0.269 e. The molecule has 1 fully saturated rings. The Kier molecular flexibility index (Phi) is 5.51. The number of aromatic nitrogens is 1. The second-order valence-corrected chi connectivity index (χ2v) is 9.17. The Labute approximate surface area is 175 Å². The van der Waals surface area contributed by atoms with Crippen LogP contribution in [0.25, 0.3) is 11.6 Å². The Morgan fingerprint density at radius 2 is 2.07 bits per heavy atom. The first-order chi connectivity index (χ1) is 14.1. The van der Waals surface area contributed by atoms with Crippen molar-refractivity contribution in [2.75, 3.05) is 13.1 Å². The van der Waals surface area contributed by atoms with Gasteiger partial charge in [0.05, 0.1) is 17.3 Å². The highest BCUT2D eigenvalue weighted by molar-refractivity contribution is 7.13. The lowest BCUT2D eigenvalue weighted by Gasteiger charge is -2.14. The van der Waals surface area contributed by atoms with Crippen LogP contribution in [0.3, 0.4) is 0 Å². The van der Waals surface area contributed by atoms with E-state index in [9.17, 15) is 14.9 Å². The average Bonchev–Trinajstić information content (AvgIpc) is 3.49. The van der Waals surface area contributed by atoms with Crippen LogP contribution in [-0.2, 0) is 11.3 Å². The summed E-state index contributed by atoms with van der Waals surface area (Å²) >= 11 is 2.77. The number of amides is 1. The fourth-order valence-corrected chi connectivity index (χ4v) is 5.31. The number of likely N-dealkylation sites (tertiary alicyclic amines) is 1. The average molecular weight is 426 g/mol. The molecule has 0 N–H and O–H groups in total. The van der Waals surface area contributed by atoms with E-state index in [4.69, 9.17) is 4.42 Å². The lowest BCUT2D eigenvalue weighted by molar-refractivity contribution is -0.123. The van der Waals surface area contributed by atoms with E-state index < -0.39 is 0 Å². The van der Waals surface area contributed by atoms with Gasteiger partial charge in [-0.15, -0.1) is 22.7 Å². The Morgan fingerprint density at radius 1 is 1.28 bits per heavy atom. The van der Waals surface area contributed by atoms with Crippen molar-refractivity contribution in [1.29, 1.82) is 5.26 Å². The van der Waals surface area contributed by atoms with E-state index in [-0.39, 0.29) is 23.6 Å². The zero-order chi connectivity index (χ0) is 20.4. The number of aryl methyl sites for hydroxylation is 1. The van der Waals surface area contributed by atoms with E-state index in [2.05, 4.69) is 6.07 Å². The van der Waals surface area contributed by atoms with Gasteiger partial charge < -0.3 is 9.32 Å². The van der Waals surface area contributed by atoms with Crippen molar-refractivity contribution in [2.24, 2.45) is 0 Å². The van der Waals surface area contributed by atoms with Gasteiger partial charge in [-0.05, 0) is 50.1 Å². The first-order valence-corrected chi connectivity index (χ1v) is 10.9. The van der Waals surface area contributed by atoms with E-state index >= 15 is 0 Å². The molecule has 0 bridgehead atoms. The Hall–Kier alpha value is -2.89. The molecule has 3 aromatic rings. The number of nitrogens with zero attached hydrogens (tertiary/aromatic N) is 3. The molecule has 4 heterocycles. The normalized spacial score (nSPS) is 15.6. The standard InChI is InChI=1S/C21H19N3O3S2/c1-14-6-7-16(28-14)11-18-20(26)24(13-15-5-4-10-27-15)21(29-18)17(12-22)19(25)23-8-2-3-9-23/h4-7,10-11H,2-3,8-9,13H2,1H3/b18-11+,21-17+. The lowest BCUT2D eigenvalue weighted by atomic mass is 10.3. The maximum absolute atomic E-state index is 13.1. The summed E-state index contributed by atoms with van der Waals surface area (Å²) in [4.78, 5) is 29.9. The molecule has 0 atom stereocenters. The summed E-state index contributed by atoms with van der Waals surface area (Å²) in [6.45, 7) is 3.47. The molecule has 0 aromatic carbocycles. The van der Waals surface area contributed by atoms with Gasteiger partial charge in [-0.25, -0.2) is 0 Å². The highest BCUT2D eigenvalue weighted by Crippen LogP contribution is 2.15. The SMILES string of the molecule is Cc1ccc(/C=c2/s/c(=C(\C#N)C(=O)N3CCCC3)n(Cc3ccco3)c2=O)s1. The minimum Gasteiger partial charge on any atom is -0.467 e. The molecule has 1 amide bonds. The number of carbonyl (C=O) groups excluding carboxylic acids is 1. The van der Waals surface area contributed by atoms with Gasteiger partial charge in [-0.3, -0.25) is 14.2 Å². The Balaban J connectivity index is 1.92. The van der Waals surface area contributed by atoms with Gasteiger partial charge in [-0.1, -0.05) is 0 Å². The van der Waals surface area contributed by atoms with Gasteiger partial charge in [0.25, 0.3) is 11.5 Å². The molecular weight excluding hydrogens is 406 g/mol. The second kappa shape index (κ2) is 8.23. The van der Waals surface area contributed by atoms with Crippen molar-refractivity contribution in [2.45, 2.75) is 26.3 Å². The molecule has 0 spiro atoms. The lowest BCUT2D eigenvalue weighted by Crippen LogP contribution is -2.36. The predicted molar refractivity (Wildman–Crippen MR) is 113 cm³/mol. The van der Waals surface area contributed by atoms with Crippen LogP contribution < -0.4 is 14.8 Å². The van der Waals surface area contributed by atoms with E-state index in [1.54, 1.807) is 28.4 Å². The molecule has 29 heavy (non-hydrogen) atoms. The number of thiazole rings is 1. The molecule has 0 saturated carbocycles. The van der Waals surface area contributed by atoms with Crippen LogP contribution in [-0.4, -0.2) is 28.5 Å². The third kappa shape index (κ3) is 3.97. The number of furan rings is 1. The maximum atomic E-state index is 13.1. The molecule has 8 heteroatoms. The zero-order valence-corrected chi connectivity index (χ0v) is 17.5. The van der Waals surface area contributed by atoms with Crippen molar-refractivity contribution in [1.82, 2.24) is 9.47 Å². The van der Waals surface area contributed by atoms with Crippen molar-refractivity contribution in [3.05, 3.63) is 65.6 Å². The van der Waals surface area contributed by atoms with Crippen molar-refractivity contribution in [3.63, 3.8) is 0 Å². The summed E-state index contributed by atoms with van der Waals surface area (Å²) < 4.78 is 7.75. The highest BCUT2D eigenvalue weighted by atomic mass is 32.1. The van der Waals surface area contributed by atoms with E-state index in [0.29, 0.717) is 28.0 Å². The monoisotopic (exact) mass is 425 g/mol. The molecule has 1 saturated heterocycles. The highest BCUT2D eigenvalue weighted by Gasteiger charge is 2.24. The summed E-state index contributed by atoms with van der Waals surface area (Å²) in [5, 5.41) is 9.78. The van der Waals surface area contributed by atoms with Crippen LogP contribution in [0, 0.1) is 18.3 Å². The van der Waals surface area contributed by atoms with Crippen molar-refractivity contribution >= 4 is 40.2 Å². The number of carbonyl (C=O) groups is 1. The number of hydrogen-bond acceptors (Lipinski definition) is 6. The number of nitriles is 1. The Morgan fingerprint density at radius 3 is 2.69 bits per heavy atom. The molecule has 3 aromatic heterocycles. The fraction of sp³-hybridized carbons (Fsp3) is 0.286. The number of thiophene rings is 1. The van der Waals surface area contributed by atoms with Gasteiger partial charge >= 0.3 is 0 Å². The minimum atomic E-state index is -0.307. The summed E-state index contributed by atoms with van der Waals surface area (Å²) in [5.41, 5.74) is -0.211. The molecule has 0 unspecified atom stereocenters. The number of hydrogen-bond donors (Lipinski definition) is 0. The quantitative estimate of drug-likeness (QED) is 0.641. The molecule has 0 radical (unpaired) electrons. The predicted octanol–water partition coefficient (Wildman–Crippen LogP) is 2.05. The van der Waals surface area contributed by atoms with Crippen LogP contribution in [0.4, 0.5) is 0 Å². The molecule has 4 rings (SSSR count). The Bertz CT molecular complexity index is 1250. The van der Waals surface area contributed by atoms with Crippen LogP contribution >= 0.6 is 22.7 Å². The van der Waals surface area contributed by atoms with Gasteiger partial charge in [0.1, 0.15) is 16.5 Å². The molecular formula is C21H19N3O3S2. The first-order valence-electron chi connectivity index (χ1n) is 9.30. The number of rotatable bonds is 4. The van der Waals surface area contributed by atoms with Gasteiger partial charge in [0, 0.05) is 22.8 Å². The van der Waals surface area contributed by atoms with Crippen LogP contribution in [0.15, 0.2) is 39.7 Å². The van der Waals surface area contributed by atoms with Crippen LogP contribution in [0.5, 0.6) is 0 Å². The van der Waals surface area contributed by atoms with Crippen molar-refractivity contribution in [3.8, 4) is 6.07 Å². The minimum absolute atomic E-state index is 0.0163. The zero-order valence-electron chi connectivity index (χ0n) is 15.9. The topological polar surface area (TPSA) is 79.2 Å². The van der Waals surface area contributed by atoms with Gasteiger partial charge in [-0.2, -0.15) is 5.26 Å². The third-order valence-electron chi connectivity index (χ3n) is 4.77. The van der Waals surface area contributed by atoms with Crippen LogP contribution in [0.2, 0.25) is 0 Å².